The van der Waals surface area contributed by atoms with Crippen LogP contribution in [0.5, 0.6) is 0 Å². The molecule has 0 saturated heterocycles. The highest BCUT2D eigenvalue weighted by Gasteiger charge is 2.31. The predicted octanol–water partition coefficient (Wildman–Crippen LogP) is 0.862. The summed E-state index contributed by atoms with van der Waals surface area (Å²) in [5.74, 6) is 0.0839. The van der Waals surface area contributed by atoms with Crippen LogP contribution < -0.4 is 5.73 Å². The first-order valence-corrected chi connectivity index (χ1v) is 6.70. The summed E-state index contributed by atoms with van der Waals surface area (Å²) < 4.78 is 0. The third kappa shape index (κ3) is 5.37. The van der Waals surface area contributed by atoms with Crippen molar-refractivity contribution in [2.75, 3.05) is 27.2 Å². The minimum absolute atomic E-state index is 0. The number of carbonyl (C=O) groups excluding carboxylic acids is 2. The number of carbonyl (C=O) groups is 2. The van der Waals surface area contributed by atoms with Gasteiger partial charge in [0.2, 0.25) is 11.8 Å². The van der Waals surface area contributed by atoms with E-state index in [9.17, 15) is 9.59 Å². The van der Waals surface area contributed by atoms with Crippen LogP contribution in [0.25, 0.3) is 0 Å². The van der Waals surface area contributed by atoms with Gasteiger partial charge in [-0.1, -0.05) is 6.92 Å². The second-order valence-corrected chi connectivity index (χ2v) is 5.32. The van der Waals surface area contributed by atoms with Gasteiger partial charge in [0.15, 0.2) is 0 Å². The van der Waals surface area contributed by atoms with E-state index in [1.807, 2.05) is 6.92 Å². The Balaban J connectivity index is 0.00000324. The van der Waals surface area contributed by atoms with Crippen LogP contribution in [0.1, 0.15) is 32.6 Å². The van der Waals surface area contributed by atoms with Crippen LogP contribution in [0.3, 0.4) is 0 Å². The van der Waals surface area contributed by atoms with Gasteiger partial charge in [0.25, 0.3) is 0 Å². The van der Waals surface area contributed by atoms with E-state index in [1.165, 1.54) is 4.90 Å². The molecule has 2 amide bonds. The molecule has 0 bridgehead atoms. The Morgan fingerprint density at radius 1 is 1.26 bits per heavy atom. The summed E-state index contributed by atoms with van der Waals surface area (Å²) in [6, 6.07) is 0.145. The van der Waals surface area contributed by atoms with E-state index >= 15 is 0 Å². The number of hydrogen-bond donors (Lipinski definition) is 1. The number of nitrogens with two attached hydrogens (primary N) is 1. The third-order valence-corrected chi connectivity index (χ3v) is 3.45. The lowest BCUT2D eigenvalue weighted by Crippen LogP contribution is -2.43. The Bertz CT molecular complexity index is 310. The Morgan fingerprint density at radius 2 is 1.89 bits per heavy atom. The average Bonchev–Trinajstić information content (AvgIpc) is 2.74. The Kier molecular flexibility index (Phi) is 8.02. The Morgan fingerprint density at radius 3 is 2.32 bits per heavy atom. The van der Waals surface area contributed by atoms with Crippen LogP contribution in [0.15, 0.2) is 0 Å². The molecular formula is C13H26ClN3O2. The monoisotopic (exact) mass is 291 g/mol. The average molecular weight is 292 g/mol. The van der Waals surface area contributed by atoms with Gasteiger partial charge in [-0.25, -0.2) is 0 Å². The van der Waals surface area contributed by atoms with Gasteiger partial charge in [0.05, 0.1) is 6.54 Å². The molecule has 2 atom stereocenters. The molecule has 0 aromatic carbocycles. The highest BCUT2D eigenvalue weighted by molar-refractivity contribution is 5.86. The van der Waals surface area contributed by atoms with E-state index in [0.717, 1.165) is 25.7 Å². The smallest absolute Gasteiger partial charge is 0.241 e. The van der Waals surface area contributed by atoms with Gasteiger partial charge >= 0.3 is 0 Å². The van der Waals surface area contributed by atoms with Gasteiger partial charge < -0.3 is 15.5 Å². The number of halogens is 1. The molecule has 0 spiro atoms. The molecule has 112 valence electrons. The first-order chi connectivity index (χ1) is 8.45. The van der Waals surface area contributed by atoms with Crippen LogP contribution in [0, 0.1) is 5.92 Å². The molecule has 19 heavy (non-hydrogen) atoms. The largest absolute Gasteiger partial charge is 0.347 e. The maximum absolute atomic E-state index is 12.3. The molecule has 1 rings (SSSR count). The Hall–Kier alpha value is -0.810. The van der Waals surface area contributed by atoms with Crippen molar-refractivity contribution in [3.05, 3.63) is 0 Å². The van der Waals surface area contributed by atoms with E-state index in [0.29, 0.717) is 6.54 Å². The lowest BCUT2D eigenvalue weighted by atomic mass is 10.1. The van der Waals surface area contributed by atoms with E-state index < -0.39 is 0 Å². The summed E-state index contributed by atoms with van der Waals surface area (Å²) in [6.07, 6.45) is 3.40. The standard InChI is InChI=1S/C13H25N3O2.ClH/c1-4-7-16(9-12(17)15(2)3)13(18)10-5-6-11(14)8-10;/h10-11H,4-9,14H2,1-3H3;1H. The van der Waals surface area contributed by atoms with Gasteiger partial charge in [0, 0.05) is 32.6 Å². The van der Waals surface area contributed by atoms with Gasteiger partial charge in [-0.05, 0) is 25.7 Å². The molecule has 1 saturated carbocycles. The molecule has 1 fully saturated rings. The van der Waals surface area contributed by atoms with Crippen molar-refractivity contribution in [2.24, 2.45) is 11.7 Å². The summed E-state index contributed by atoms with van der Waals surface area (Å²) in [4.78, 5) is 27.3. The Labute approximate surface area is 121 Å². The lowest BCUT2D eigenvalue weighted by Gasteiger charge is -2.26. The minimum Gasteiger partial charge on any atom is -0.347 e. The first-order valence-electron chi connectivity index (χ1n) is 6.70. The predicted molar refractivity (Wildman–Crippen MR) is 78.1 cm³/mol. The first kappa shape index (κ1) is 18.2. The maximum atomic E-state index is 12.3. The fourth-order valence-electron chi connectivity index (χ4n) is 2.34. The molecule has 2 unspecified atom stereocenters. The molecule has 2 N–H and O–H groups in total. The molecule has 1 aliphatic rings. The fourth-order valence-corrected chi connectivity index (χ4v) is 2.34. The SMILES string of the molecule is CCCN(CC(=O)N(C)C)C(=O)C1CCC(N)C1.Cl. The van der Waals surface area contributed by atoms with Crippen LogP contribution >= 0.6 is 12.4 Å². The number of hydrogen-bond acceptors (Lipinski definition) is 3. The summed E-state index contributed by atoms with van der Waals surface area (Å²) >= 11 is 0. The zero-order valence-corrected chi connectivity index (χ0v) is 12.9. The molecule has 5 nitrogen and oxygen atoms in total. The van der Waals surface area contributed by atoms with Crippen molar-refractivity contribution in [3.8, 4) is 0 Å². The second-order valence-electron chi connectivity index (χ2n) is 5.32. The second kappa shape index (κ2) is 8.38. The van der Waals surface area contributed by atoms with E-state index in [4.69, 9.17) is 5.73 Å². The highest BCUT2D eigenvalue weighted by Crippen LogP contribution is 2.26. The van der Waals surface area contributed by atoms with Crippen LogP contribution in [0.4, 0.5) is 0 Å². The molecule has 0 radical (unpaired) electrons. The molecule has 0 heterocycles. The maximum Gasteiger partial charge on any atom is 0.241 e. The fraction of sp³-hybridized carbons (Fsp3) is 0.846. The van der Waals surface area contributed by atoms with Crippen molar-refractivity contribution in [3.63, 3.8) is 0 Å². The quantitative estimate of drug-likeness (QED) is 0.817. The molecule has 0 aromatic rings. The van der Waals surface area contributed by atoms with Crippen LogP contribution in [0.2, 0.25) is 0 Å². The van der Waals surface area contributed by atoms with E-state index in [1.54, 1.807) is 19.0 Å². The van der Waals surface area contributed by atoms with Crippen molar-refractivity contribution in [1.29, 1.82) is 0 Å². The van der Waals surface area contributed by atoms with Crippen molar-refractivity contribution >= 4 is 24.2 Å². The van der Waals surface area contributed by atoms with Gasteiger partial charge in [0.1, 0.15) is 0 Å². The molecule has 6 heteroatoms. The third-order valence-electron chi connectivity index (χ3n) is 3.45. The van der Waals surface area contributed by atoms with E-state index in [2.05, 4.69) is 0 Å². The van der Waals surface area contributed by atoms with Gasteiger partial charge in [-0.15, -0.1) is 12.4 Å². The normalized spacial score (nSPS) is 21.7. The highest BCUT2D eigenvalue weighted by atomic mass is 35.5. The van der Waals surface area contributed by atoms with E-state index in [-0.39, 0.29) is 42.7 Å². The lowest BCUT2D eigenvalue weighted by molar-refractivity contribution is -0.141. The van der Waals surface area contributed by atoms with Crippen LogP contribution in [-0.2, 0) is 9.59 Å². The van der Waals surface area contributed by atoms with Crippen molar-refractivity contribution in [2.45, 2.75) is 38.6 Å². The van der Waals surface area contributed by atoms with Crippen molar-refractivity contribution in [1.82, 2.24) is 9.80 Å². The van der Waals surface area contributed by atoms with Crippen LogP contribution in [-0.4, -0.2) is 54.8 Å². The topological polar surface area (TPSA) is 66.6 Å². The van der Waals surface area contributed by atoms with Crippen molar-refractivity contribution < 1.29 is 9.59 Å². The van der Waals surface area contributed by atoms with Gasteiger partial charge in [-0.3, -0.25) is 9.59 Å². The number of nitrogens with zero attached hydrogens (tertiary/aromatic N) is 2. The zero-order valence-electron chi connectivity index (χ0n) is 12.1. The molecule has 0 aromatic heterocycles. The number of rotatable bonds is 5. The molecular weight excluding hydrogens is 266 g/mol. The van der Waals surface area contributed by atoms with Gasteiger partial charge in [-0.2, -0.15) is 0 Å². The summed E-state index contributed by atoms with van der Waals surface area (Å²) in [5, 5.41) is 0. The summed E-state index contributed by atoms with van der Waals surface area (Å²) in [6.45, 7) is 2.84. The molecule has 1 aliphatic carbocycles. The zero-order chi connectivity index (χ0) is 13.7. The minimum atomic E-state index is -0.0286. The summed E-state index contributed by atoms with van der Waals surface area (Å²) in [7, 11) is 3.42. The number of likely N-dealkylation sites (N-methyl/N-ethyl adjacent to an activating group) is 1. The summed E-state index contributed by atoms with van der Waals surface area (Å²) in [5.41, 5.74) is 5.84. The molecule has 0 aliphatic heterocycles. The number of amides is 2.